The molecule has 0 saturated heterocycles. The lowest BCUT2D eigenvalue weighted by Gasteiger charge is -2.02. The van der Waals surface area contributed by atoms with E-state index in [0.29, 0.717) is 0 Å². The summed E-state index contributed by atoms with van der Waals surface area (Å²) in [6.07, 6.45) is 0. The molecule has 1 aromatic carbocycles. The Morgan fingerprint density at radius 1 is 1.62 bits per heavy atom. The number of phenols is 1. The van der Waals surface area contributed by atoms with Gasteiger partial charge in [-0.05, 0) is 22.0 Å². The summed E-state index contributed by atoms with van der Waals surface area (Å²) in [5.41, 5.74) is -0.216. The van der Waals surface area contributed by atoms with Crippen LogP contribution in [0.4, 0.5) is 4.39 Å². The van der Waals surface area contributed by atoms with E-state index < -0.39 is 11.8 Å². The van der Waals surface area contributed by atoms with Crippen LogP contribution in [-0.4, -0.2) is 18.2 Å². The van der Waals surface area contributed by atoms with Crippen LogP contribution in [0.2, 0.25) is 0 Å². The van der Waals surface area contributed by atoms with Crippen molar-refractivity contribution in [1.29, 1.82) is 0 Å². The minimum atomic E-state index is -0.812. The zero-order valence-electron chi connectivity index (χ0n) is 6.67. The van der Waals surface area contributed by atoms with Gasteiger partial charge in [-0.25, -0.2) is 9.18 Å². The molecule has 0 aliphatic heterocycles. The van der Waals surface area contributed by atoms with Gasteiger partial charge in [0.2, 0.25) is 0 Å². The van der Waals surface area contributed by atoms with Gasteiger partial charge < -0.3 is 9.84 Å². The molecular formula is C8H6BrFO3. The number of rotatable bonds is 1. The normalized spacial score (nSPS) is 9.77. The van der Waals surface area contributed by atoms with E-state index in [-0.39, 0.29) is 15.8 Å². The quantitative estimate of drug-likeness (QED) is 0.775. The Labute approximate surface area is 82.3 Å². The zero-order valence-corrected chi connectivity index (χ0v) is 8.26. The molecule has 0 aliphatic rings. The summed E-state index contributed by atoms with van der Waals surface area (Å²) < 4.78 is 17.6. The van der Waals surface area contributed by atoms with Gasteiger partial charge in [0.25, 0.3) is 0 Å². The van der Waals surface area contributed by atoms with Gasteiger partial charge >= 0.3 is 5.97 Å². The molecular weight excluding hydrogens is 243 g/mol. The molecule has 3 nitrogen and oxygen atoms in total. The summed E-state index contributed by atoms with van der Waals surface area (Å²) in [4.78, 5) is 10.9. The Hall–Kier alpha value is -1.10. The Morgan fingerprint density at radius 2 is 2.23 bits per heavy atom. The molecule has 0 atom stereocenters. The first kappa shape index (κ1) is 9.98. The third kappa shape index (κ3) is 1.98. The summed E-state index contributed by atoms with van der Waals surface area (Å²) in [6, 6.07) is 2.01. The van der Waals surface area contributed by atoms with Crippen LogP contribution in [0.1, 0.15) is 10.4 Å². The third-order valence-corrected chi connectivity index (χ3v) is 2.08. The van der Waals surface area contributed by atoms with E-state index in [0.717, 1.165) is 19.2 Å². The molecule has 5 heteroatoms. The van der Waals surface area contributed by atoms with Gasteiger partial charge in [0.1, 0.15) is 11.6 Å². The lowest BCUT2D eigenvalue weighted by Crippen LogP contribution is -2.04. The summed E-state index contributed by atoms with van der Waals surface area (Å²) >= 11 is 2.95. The fourth-order valence-electron chi connectivity index (χ4n) is 0.803. The predicted octanol–water partition coefficient (Wildman–Crippen LogP) is 2.08. The van der Waals surface area contributed by atoms with Crippen LogP contribution in [0.3, 0.4) is 0 Å². The van der Waals surface area contributed by atoms with Crippen molar-refractivity contribution < 1.29 is 19.0 Å². The van der Waals surface area contributed by atoms with Gasteiger partial charge in [0, 0.05) is 6.07 Å². The van der Waals surface area contributed by atoms with Crippen LogP contribution in [0.5, 0.6) is 5.75 Å². The largest absolute Gasteiger partial charge is 0.507 e. The van der Waals surface area contributed by atoms with Gasteiger partial charge in [0.05, 0.1) is 17.1 Å². The maximum Gasteiger partial charge on any atom is 0.340 e. The molecule has 1 N–H and O–H groups in total. The summed E-state index contributed by atoms with van der Waals surface area (Å²) in [7, 11) is 1.16. The predicted molar refractivity (Wildman–Crippen MR) is 47.1 cm³/mol. The maximum atomic E-state index is 13.0. The molecule has 70 valence electrons. The highest BCUT2D eigenvalue weighted by atomic mass is 79.9. The number of carbonyl (C=O) groups is 1. The van der Waals surface area contributed by atoms with Crippen molar-refractivity contribution in [2.45, 2.75) is 0 Å². The molecule has 0 heterocycles. The molecule has 0 saturated carbocycles. The van der Waals surface area contributed by atoms with Crippen LogP contribution < -0.4 is 0 Å². The molecule has 0 spiro atoms. The van der Waals surface area contributed by atoms with E-state index in [9.17, 15) is 9.18 Å². The smallest absolute Gasteiger partial charge is 0.340 e. The van der Waals surface area contributed by atoms with Crippen molar-refractivity contribution in [2.24, 2.45) is 0 Å². The Morgan fingerprint density at radius 3 is 2.77 bits per heavy atom. The fourth-order valence-corrected chi connectivity index (χ4v) is 1.15. The van der Waals surface area contributed by atoms with Crippen LogP contribution in [0, 0.1) is 5.82 Å². The lowest BCUT2D eigenvalue weighted by atomic mass is 10.2. The molecule has 0 radical (unpaired) electrons. The van der Waals surface area contributed by atoms with Gasteiger partial charge in [-0.3, -0.25) is 0 Å². The molecule has 0 aliphatic carbocycles. The first-order valence-electron chi connectivity index (χ1n) is 3.32. The fraction of sp³-hybridized carbons (Fsp3) is 0.125. The van der Waals surface area contributed by atoms with Gasteiger partial charge in [-0.2, -0.15) is 0 Å². The number of methoxy groups -OCH3 is 1. The highest BCUT2D eigenvalue weighted by molar-refractivity contribution is 9.10. The number of ether oxygens (including phenoxy) is 1. The third-order valence-electron chi connectivity index (χ3n) is 1.44. The van der Waals surface area contributed by atoms with Crippen molar-refractivity contribution >= 4 is 21.9 Å². The second-order valence-electron chi connectivity index (χ2n) is 2.28. The SMILES string of the molecule is COC(=O)c1cc(Br)c(O)cc1F. The monoisotopic (exact) mass is 248 g/mol. The average Bonchev–Trinajstić information content (AvgIpc) is 2.10. The Bertz CT molecular complexity index is 351. The number of benzene rings is 1. The number of phenolic OH excluding ortho intramolecular Hbond substituents is 1. The zero-order chi connectivity index (χ0) is 10.0. The summed E-state index contributed by atoms with van der Waals surface area (Å²) in [5.74, 6) is -1.85. The number of carbonyl (C=O) groups excluding carboxylic acids is 1. The molecule has 0 amide bonds. The van der Waals surface area contributed by atoms with E-state index in [1.807, 2.05) is 0 Å². The van der Waals surface area contributed by atoms with E-state index in [4.69, 9.17) is 5.11 Å². The van der Waals surface area contributed by atoms with Crippen LogP contribution in [0.15, 0.2) is 16.6 Å². The summed E-state index contributed by atoms with van der Waals surface area (Å²) in [6.45, 7) is 0. The number of hydrogen-bond donors (Lipinski definition) is 1. The summed E-state index contributed by atoms with van der Waals surface area (Å²) in [5, 5.41) is 9.04. The first-order chi connectivity index (χ1) is 6.06. The number of hydrogen-bond acceptors (Lipinski definition) is 3. The van der Waals surface area contributed by atoms with Gasteiger partial charge in [-0.1, -0.05) is 0 Å². The molecule has 1 aromatic rings. The van der Waals surface area contributed by atoms with Crippen molar-refractivity contribution in [3.05, 3.63) is 28.0 Å². The van der Waals surface area contributed by atoms with Gasteiger partial charge in [0.15, 0.2) is 0 Å². The second kappa shape index (κ2) is 3.74. The number of aromatic hydroxyl groups is 1. The maximum absolute atomic E-state index is 13.0. The van der Waals surface area contributed by atoms with Crippen LogP contribution >= 0.6 is 15.9 Å². The molecule has 1 rings (SSSR count). The van der Waals surface area contributed by atoms with E-state index in [2.05, 4.69) is 20.7 Å². The van der Waals surface area contributed by atoms with Crippen molar-refractivity contribution in [1.82, 2.24) is 0 Å². The highest BCUT2D eigenvalue weighted by Gasteiger charge is 2.14. The van der Waals surface area contributed by atoms with Crippen LogP contribution in [0.25, 0.3) is 0 Å². The molecule has 0 fully saturated rings. The molecule has 0 unspecified atom stereocenters. The van der Waals surface area contributed by atoms with E-state index >= 15 is 0 Å². The average molecular weight is 249 g/mol. The van der Waals surface area contributed by atoms with E-state index in [1.54, 1.807) is 0 Å². The molecule has 13 heavy (non-hydrogen) atoms. The Kier molecular flexibility index (Phi) is 2.87. The van der Waals surface area contributed by atoms with Crippen molar-refractivity contribution in [3.8, 4) is 5.75 Å². The van der Waals surface area contributed by atoms with Gasteiger partial charge in [-0.15, -0.1) is 0 Å². The Balaban J connectivity index is 3.23. The highest BCUT2D eigenvalue weighted by Crippen LogP contribution is 2.26. The topological polar surface area (TPSA) is 46.5 Å². The molecule has 0 bridgehead atoms. The van der Waals surface area contributed by atoms with Crippen LogP contribution in [-0.2, 0) is 4.74 Å². The van der Waals surface area contributed by atoms with E-state index in [1.165, 1.54) is 0 Å². The first-order valence-corrected chi connectivity index (χ1v) is 4.12. The minimum Gasteiger partial charge on any atom is -0.507 e. The van der Waals surface area contributed by atoms with Crippen molar-refractivity contribution in [3.63, 3.8) is 0 Å². The lowest BCUT2D eigenvalue weighted by molar-refractivity contribution is 0.0595. The second-order valence-corrected chi connectivity index (χ2v) is 3.13. The van der Waals surface area contributed by atoms with Crippen molar-refractivity contribution in [2.75, 3.05) is 7.11 Å². The standard InChI is InChI=1S/C8H6BrFO3/c1-13-8(12)4-2-5(9)7(11)3-6(4)10/h2-3,11H,1H3. The number of esters is 1. The molecule has 0 aromatic heterocycles. The number of halogens is 2. The minimum absolute atomic E-state index is 0.216.